The Kier molecular flexibility index (Phi) is 4.87. The smallest absolute Gasteiger partial charge is 0.148 e. The molecule has 0 fully saturated rings. The highest BCUT2D eigenvalue weighted by Gasteiger charge is 2.14. The highest BCUT2D eigenvalue weighted by atomic mass is 32.1. The van der Waals surface area contributed by atoms with Crippen molar-refractivity contribution >= 4 is 17.3 Å². The summed E-state index contributed by atoms with van der Waals surface area (Å²) in [7, 11) is 0. The van der Waals surface area contributed by atoms with Gasteiger partial charge in [0, 0.05) is 5.56 Å². The molecule has 4 nitrogen and oxygen atoms in total. The molecule has 2 rings (SSSR count). The third-order valence-electron chi connectivity index (χ3n) is 3.22. The lowest BCUT2D eigenvalue weighted by atomic mass is 10.2. The van der Waals surface area contributed by atoms with Crippen molar-refractivity contribution in [2.24, 2.45) is 0 Å². The number of nitrogens with zero attached hydrogens (tertiary/aromatic N) is 1. The summed E-state index contributed by atoms with van der Waals surface area (Å²) in [4.78, 5) is 16.9. The first-order valence-corrected chi connectivity index (χ1v) is 7.47. The number of hydrogen-bond acceptors (Lipinski definition) is 4. The maximum Gasteiger partial charge on any atom is 0.148 e. The van der Waals surface area contributed by atoms with E-state index in [1.54, 1.807) is 6.92 Å². The normalized spacial score (nSPS) is 12.3. The number of aromatic nitrogens is 1. The molecule has 106 valence electrons. The number of carboxylic acid groups (broad SMARTS) is 1. The second-order valence-corrected chi connectivity index (χ2v) is 5.84. The molecule has 1 atom stereocenters. The number of rotatable bonds is 6. The summed E-state index contributed by atoms with van der Waals surface area (Å²) in [5, 5.41) is 11.8. The average molecular weight is 290 g/mol. The van der Waals surface area contributed by atoms with Crippen molar-refractivity contribution in [3.63, 3.8) is 0 Å². The SMILES string of the molecule is CC[NH+](Cc1ccccc1)Cc1nc(C)c(C(=O)[O-])s1. The van der Waals surface area contributed by atoms with E-state index < -0.39 is 5.97 Å². The first kappa shape index (κ1) is 14.7. The number of aryl methyl sites for hydroxylation is 1. The first-order valence-electron chi connectivity index (χ1n) is 6.65. The maximum atomic E-state index is 10.9. The maximum absolute atomic E-state index is 10.9. The predicted molar refractivity (Wildman–Crippen MR) is 76.5 cm³/mol. The van der Waals surface area contributed by atoms with Gasteiger partial charge in [-0.05, 0) is 13.8 Å². The molecule has 0 radical (unpaired) electrons. The molecule has 0 amide bonds. The van der Waals surface area contributed by atoms with Gasteiger partial charge < -0.3 is 14.8 Å². The van der Waals surface area contributed by atoms with E-state index in [2.05, 4.69) is 24.0 Å². The predicted octanol–water partition coefficient (Wildman–Crippen LogP) is 0.420. The molecule has 0 aliphatic carbocycles. The molecule has 0 aliphatic rings. The second kappa shape index (κ2) is 6.63. The number of aromatic carboxylic acids is 1. The van der Waals surface area contributed by atoms with Gasteiger partial charge in [-0.2, -0.15) is 0 Å². The number of carbonyl (C=O) groups excluding carboxylic acids is 1. The fraction of sp³-hybridized carbons (Fsp3) is 0.333. The molecular formula is C15H18N2O2S. The van der Waals surface area contributed by atoms with Crippen molar-refractivity contribution in [1.82, 2.24) is 4.98 Å². The van der Waals surface area contributed by atoms with E-state index in [0.29, 0.717) is 5.69 Å². The minimum absolute atomic E-state index is 0.246. The van der Waals surface area contributed by atoms with Crippen LogP contribution < -0.4 is 10.0 Å². The minimum atomic E-state index is -1.13. The zero-order valence-corrected chi connectivity index (χ0v) is 12.5. The van der Waals surface area contributed by atoms with E-state index in [-0.39, 0.29) is 4.88 Å². The molecule has 0 spiro atoms. The Hall–Kier alpha value is -1.72. The Bertz CT molecular complexity index is 581. The number of carboxylic acids is 1. The molecule has 2 aromatic rings. The molecule has 1 aromatic carbocycles. The average Bonchev–Trinajstić information content (AvgIpc) is 2.80. The fourth-order valence-electron chi connectivity index (χ4n) is 2.13. The van der Waals surface area contributed by atoms with Gasteiger partial charge in [-0.15, -0.1) is 11.3 Å². The highest BCUT2D eigenvalue weighted by Crippen LogP contribution is 2.16. The van der Waals surface area contributed by atoms with E-state index in [0.717, 1.165) is 24.6 Å². The van der Waals surface area contributed by atoms with E-state index in [9.17, 15) is 9.90 Å². The molecule has 0 saturated carbocycles. The van der Waals surface area contributed by atoms with E-state index >= 15 is 0 Å². The van der Waals surface area contributed by atoms with Gasteiger partial charge in [0.15, 0.2) is 0 Å². The van der Waals surface area contributed by atoms with E-state index in [1.165, 1.54) is 21.8 Å². The minimum Gasteiger partial charge on any atom is -0.544 e. The van der Waals surface area contributed by atoms with Crippen LogP contribution in [0.1, 0.15) is 32.9 Å². The molecule has 0 aliphatic heterocycles. The number of carbonyl (C=O) groups is 1. The van der Waals surface area contributed by atoms with Gasteiger partial charge in [0.25, 0.3) is 0 Å². The molecule has 1 unspecified atom stereocenters. The van der Waals surface area contributed by atoms with E-state index in [1.807, 2.05) is 18.2 Å². The van der Waals surface area contributed by atoms with Crippen LogP contribution in [0.15, 0.2) is 30.3 Å². The van der Waals surface area contributed by atoms with Gasteiger partial charge in [-0.3, -0.25) is 0 Å². The first-order chi connectivity index (χ1) is 9.60. The molecule has 5 heteroatoms. The summed E-state index contributed by atoms with van der Waals surface area (Å²) in [5.41, 5.74) is 1.83. The quantitative estimate of drug-likeness (QED) is 0.839. The molecule has 0 bridgehead atoms. The van der Waals surface area contributed by atoms with Crippen LogP contribution in [0.4, 0.5) is 0 Å². The van der Waals surface area contributed by atoms with Gasteiger partial charge in [0.05, 0.1) is 23.1 Å². The zero-order chi connectivity index (χ0) is 14.5. The second-order valence-electron chi connectivity index (χ2n) is 4.75. The Morgan fingerprint density at radius 3 is 2.55 bits per heavy atom. The lowest BCUT2D eigenvalue weighted by Gasteiger charge is -2.16. The summed E-state index contributed by atoms with van der Waals surface area (Å²) in [6.45, 7) is 6.46. The van der Waals surface area contributed by atoms with Crippen molar-refractivity contribution in [1.29, 1.82) is 0 Å². The number of hydrogen-bond donors (Lipinski definition) is 1. The van der Waals surface area contributed by atoms with Gasteiger partial charge >= 0.3 is 0 Å². The van der Waals surface area contributed by atoms with Gasteiger partial charge in [-0.25, -0.2) is 4.98 Å². The summed E-state index contributed by atoms with van der Waals surface area (Å²) in [6.07, 6.45) is 0. The standard InChI is InChI=1S/C15H18N2O2S/c1-3-17(9-12-7-5-4-6-8-12)10-13-16-11(2)14(20-13)15(18)19/h4-8H,3,9-10H2,1-2H3,(H,18,19). The third-order valence-corrected chi connectivity index (χ3v) is 4.36. The molecular weight excluding hydrogens is 272 g/mol. The summed E-state index contributed by atoms with van der Waals surface area (Å²) >= 11 is 1.23. The third kappa shape index (κ3) is 3.65. The number of quaternary nitrogens is 1. The largest absolute Gasteiger partial charge is 0.544 e. The Morgan fingerprint density at radius 2 is 2.00 bits per heavy atom. The Labute approximate surface area is 122 Å². The van der Waals surface area contributed by atoms with Crippen molar-refractivity contribution in [2.45, 2.75) is 26.9 Å². The number of benzene rings is 1. The molecule has 1 N–H and O–H groups in total. The summed E-state index contributed by atoms with van der Waals surface area (Å²) in [6, 6.07) is 10.3. The van der Waals surface area contributed by atoms with Crippen LogP contribution in [-0.2, 0) is 13.1 Å². The van der Waals surface area contributed by atoms with Crippen molar-refractivity contribution in [2.75, 3.05) is 6.54 Å². The summed E-state index contributed by atoms with van der Waals surface area (Å²) < 4.78 is 0. The van der Waals surface area contributed by atoms with Gasteiger partial charge in [0.2, 0.25) is 0 Å². The van der Waals surface area contributed by atoms with Crippen LogP contribution in [0.2, 0.25) is 0 Å². The molecule has 0 saturated heterocycles. The van der Waals surface area contributed by atoms with E-state index in [4.69, 9.17) is 0 Å². The van der Waals surface area contributed by atoms with Crippen LogP contribution in [-0.4, -0.2) is 17.5 Å². The van der Waals surface area contributed by atoms with Crippen molar-refractivity contribution < 1.29 is 14.8 Å². The van der Waals surface area contributed by atoms with Gasteiger partial charge in [0.1, 0.15) is 18.1 Å². The zero-order valence-electron chi connectivity index (χ0n) is 11.7. The van der Waals surface area contributed by atoms with Crippen LogP contribution in [0.25, 0.3) is 0 Å². The van der Waals surface area contributed by atoms with Gasteiger partial charge in [-0.1, -0.05) is 30.3 Å². The molecule has 1 heterocycles. The fourth-order valence-corrected chi connectivity index (χ4v) is 3.10. The monoisotopic (exact) mass is 290 g/mol. The van der Waals surface area contributed by atoms with Crippen LogP contribution in [0.3, 0.4) is 0 Å². The number of nitrogens with one attached hydrogen (secondary N) is 1. The van der Waals surface area contributed by atoms with Crippen molar-refractivity contribution in [3.8, 4) is 0 Å². The lowest BCUT2D eigenvalue weighted by Crippen LogP contribution is -3.09. The Balaban J connectivity index is 2.06. The molecule has 1 aromatic heterocycles. The molecule has 20 heavy (non-hydrogen) atoms. The van der Waals surface area contributed by atoms with Crippen LogP contribution >= 0.6 is 11.3 Å². The summed E-state index contributed by atoms with van der Waals surface area (Å²) in [5.74, 6) is -1.13. The topological polar surface area (TPSA) is 57.5 Å². The highest BCUT2D eigenvalue weighted by molar-refractivity contribution is 7.13. The van der Waals surface area contributed by atoms with Crippen molar-refractivity contribution in [3.05, 3.63) is 51.5 Å². The van der Waals surface area contributed by atoms with Crippen LogP contribution in [0, 0.1) is 6.92 Å². The lowest BCUT2D eigenvalue weighted by molar-refractivity contribution is -0.925. The number of thiazole rings is 1. The van der Waals surface area contributed by atoms with Crippen LogP contribution in [0.5, 0.6) is 0 Å². The Morgan fingerprint density at radius 1 is 1.30 bits per heavy atom.